The predicted octanol–water partition coefficient (Wildman–Crippen LogP) is 2.76. The van der Waals surface area contributed by atoms with Crippen molar-refractivity contribution in [3.8, 4) is 0 Å². The maximum Gasteiger partial charge on any atom is 0.256 e. The number of rotatable bonds is 5. The number of aryl methyl sites for hydroxylation is 2. The molecule has 1 saturated carbocycles. The van der Waals surface area contributed by atoms with E-state index in [1.807, 2.05) is 0 Å². The zero-order chi connectivity index (χ0) is 14.4. The molecule has 0 aliphatic heterocycles. The van der Waals surface area contributed by atoms with Crippen molar-refractivity contribution in [1.82, 2.24) is 15.8 Å². The van der Waals surface area contributed by atoms with Crippen molar-refractivity contribution in [2.24, 2.45) is 0 Å². The summed E-state index contributed by atoms with van der Waals surface area (Å²) in [5, 5.41) is 10.3. The number of hydrogen-bond acceptors (Lipinski definition) is 4. The molecule has 1 aliphatic carbocycles. The second-order valence-corrected chi connectivity index (χ2v) is 5.60. The van der Waals surface area contributed by atoms with Crippen LogP contribution in [0.1, 0.15) is 60.3 Å². The number of aromatic nitrogens is 1. The van der Waals surface area contributed by atoms with Gasteiger partial charge >= 0.3 is 0 Å². The Balaban J connectivity index is 0.00000220. The van der Waals surface area contributed by atoms with Crippen molar-refractivity contribution in [2.75, 3.05) is 13.1 Å². The molecule has 120 valence electrons. The minimum absolute atomic E-state index is 0. The minimum atomic E-state index is -0.0936. The molecule has 21 heavy (non-hydrogen) atoms. The molecular weight excluding hydrogens is 290 g/mol. The van der Waals surface area contributed by atoms with E-state index in [0.717, 1.165) is 6.54 Å². The number of hydrogen-bond donors (Lipinski definition) is 2. The molecule has 1 heterocycles. The van der Waals surface area contributed by atoms with Gasteiger partial charge in [-0.25, -0.2) is 0 Å². The first kappa shape index (κ1) is 18.0. The summed E-state index contributed by atoms with van der Waals surface area (Å²) in [5.41, 5.74) is 1.22. The van der Waals surface area contributed by atoms with Crippen LogP contribution in [-0.4, -0.2) is 30.2 Å². The van der Waals surface area contributed by atoms with Crippen molar-refractivity contribution < 1.29 is 9.32 Å². The van der Waals surface area contributed by atoms with Gasteiger partial charge in [0.1, 0.15) is 11.3 Å². The SMILES string of the molecule is Cc1noc(C)c1C(=O)NCCNC1CCCCCC1.Cl. The largest absolute Gasteiger partial charge is 0.361 e. The number of amides is 1. The second-order valence-electron chi connectivity index (χ2n) is 5.60. The van der Waals surface area contributed by atoms with Gasteiger partial charge in [0.05, 0.1) is 5.69 Å². The summed E-state index contributed by atoms with van der Waals surface area (Å²) in [5.74, 6) is 0.487. The highest BCUT2D eigenvalue weighted by atomic mass is 35.5. The van der Waals surface area contributed by atoms with Crippen LogP contribution in [0, 0.1) is 13.8 Å². The molecule has 0 radical (unpaired) electrons. The molecule has 2 rings (SSSR count). The van der Waals surface area contributed by atoms with Gasteiger partial charge in [-0.3, -0.25) is 4.79 Å². The van der Waals surface area contributed by atoms with E-state index in [2.05, 4.69) is 15.8 Å². The van der Waals surface area contributed by atoms with Crippen LogP contribution in [0.15, 0.2) is 4.52 Å². The average molecular weight is 316 g/mol. The maximum atomic E-state index is 12.0. The quantitative estimate of drug-likeness (QED) is 0.647. The maximum absolute atomic E-state index is 12.0. The molecule has 1 amide bonds. The standard InChI is InChI=1S/C15H25N3O2.ClH/c1-11-14(12(2)20-18-11)15(19)17-10-9-16-13-7-5-3-4-6-8-13;/h13,16H,3-10H2,1-2H3,(H,17,19);1H. The molecule has 0 atom stereocenters. The van der Waals surface area contributed by atoms with Gasteiger partial charge in [-0.1, -0.05) is 30.8 Å². The first-order valence-corrected chi connectivity index (χ1v) is 7.63. The Morgan fingerprint density at radius 1 is 1.19 bits per heavy atom. The van der Waals surface area contributed by atoms with E-state index in [4.69, 9.17) is 4.52 Å². The van der Waals surface area contributed by atoms with Gasteiger partial charge in [-0.15, -0.1) is 12.4 Å². The van der Waals surface area contributed by atoms with Gasteiger partial charge < -0.3 is 15.2 Å². The van der Waals surface area contributed by atoms with Gasteiger partial charge in [0.15, 0.2) is 0 Å². The van der Waals surface area contributed by atoms with E-state index in [1.54, 1.807) is 13.8 Å². The third-order valence-electron chi connectivity index (χ3n) is 3.96. The molecule has 1 fully saturated rings. The lowest BCUT2D eigenvalue weighted by atomic mass is 10.1. The Kier molecular flexibility index (Phi) is 7.75. The number of carbonyl (C=O) groups is 1. The van der Waals surface area contributed by atoms with Gasteiger partial charge in [0.2, 0.25) is 0 Å². The highest BCUT2D eigenvalue weighted by molar-refractivity contribution is 5.96. The van der Waals surface area contributed by atoms with E-state index in [-0.39, 0.29) is 18.3 Å². The predicted molar refractivity (Wildman–Crippen MR) is 85.1 cm³/mol. The Morgan fingerprint density at radius 2 is 1.86 bits per heavy atom. The first-order chi connectivity index (χ1) is 9.68. The molecule has 1 aliphatic rings. The molecule has 0 spiro atoms. The number of nitrogens with zero attached hydrogens (tertiary/aromatic N) is 1. The van der Waals surface area contributed by atoms with Gasteiger partial charge in [0.25, 0.3) is 5.91 Å². The Bertz CT molecular complexity index is 421. The fourth-order valence-corrected chi connectivity index (χ4v) is 2.83. The van der Waals surface area contributed by atoms with Crippen LogP contribution in [0.5, 0.6) is 0 Å². The molecule has 5 nitrogen and oxygen atoms in total. The van der Waals surface area contributed by atoms with E-state index in [1.165, 1.54) is 38.5 Å². The van der Waals surface area contributed by atoms with Crippen molar-refractivity contribution >= 4 is 18.3 Å². The molecule has 1 aromatic heterocycles. The Labute approximate surface area is 132 Å². The van der Waals surface area contributed by atoms with Crippen molar-refractivity contribution in [3.05, 3.63) is 17.0 Å². The highest BCUT2D eigenvalue weighted by Gasteiger charge is 2.17. The third-order valence-corrected chi connectivity index (χ3v) is 3.96. The fraction of sp³-hybridized carbons (Fsp3) is 0.733. The molecule has 0 aromatic carbocycles. The first-order valence-electron chi connectivity index (χ1n) is 7.63. The smallest absolute Gasteiger partial charge is 0.256 e. The van der Waals surface area contributed by atoms with Crippen LogP contribution in [0.25, 0.3) is 0 Å². The average Bonchev–Trinajstić information content (AvgIpc) is 2.65. The topological polar surface area (TPSA) is 67.2 Å². The molecule has 0 bridgehead atoms. The number of nitrogens with one attached hydrogen (secondary N) is 2. The van der Waals surface area contributed by atoms with Crippen LogP contribution < -0.4 is 10.6 Å². The van der Waals surface area contributed by atoms with Crippen LogP contribution in [-0.2, 0) is 0 Å². The van der Waals surface area contributed by atoms with Crippen LogP contribution >= 0.6 is 12.4 Å². The van der Waals surface area contributed by atoms with E-state index < -0.39 is 0 Å². The van der Waals surface area contributed by atoms with Gasteiger partial charge in [-0.2, -0.15) is 0 Å². The molecule has 6 heteroatoms. The summed E-state index contributed by atoms with van der Waals surface area (Å²) in [7, 11) is 0. The summed E-state index contributed by atoms with van der Waals surface area (Å²) < 4.78 is 5.01. The zero-order valence-corrected chi connectivity index (χ0v) is 13.7. The summed E-state index contributed by atoms with van der Waals surface area (Å²) in [4.78, 5) is 12.0. The Morgan fingerprint density at radius 3 is 2.43 bits per heavy atom. The molecular formula is C15H26ClN3O2. The Hall–Kier alpha value is -1.07. The lowest BCUT2D eigenvalue weighted by molar-refractivity contribution is 0.0951. The molecule has 1 aromatic rings. The minimum Gasteiger partial charge on any atom is -0.361 e. The second kappa shape index (κ2) is 9.05. The normalized spacial score (nSPS) is 16.1. The van der Waals surface area contributed by atoms with Gasteiger partial charge in [-0.05, 0) is 26.7 Å². The molecule has 0 unspecified atom stereocenters. The van der Waals surface area contributed by atoms with E-state index in [9.17, 15) is 4.79 Å². The number of halogens is 1. The lowest BCUT2D eigenvalue weighted by Gasteiger charge is -2.16. The molecule has 2 N–H and O–H groups in total. The van der Waals surface area contributed by atoms with E-state index >= 15 is 0 Å². The van der Waals surface area contributed by atoms with Gasteiger partial charge in [0, 0.05) is 19.1 Å². The third kappa shape index (κ3) is 5.32. The van der Waals surface area contributed by atoms with Crippen molar-refractivity contribution in [2.45, 2.75) is 58.4 Å². The van der Waals surface area contributed by atoms with Crippen LogP contribution in [0.2, 0.25) is 0 Å². The lowest BCUT2D eigenvalue weighted by Crippen LogP contribution is -2.37. The summed E-state index contributed by atoms with van der Waals surface area (Å²) >= 11 is 0. The summed E-state index contributed by atoms with van der Waals surface area (Å²) in [6.07, 6.45) is 7.89. The number of carbonyl (C=O) groups excluding carboxylic acids is 1. The van der Waals surface area contributed by atoms with Crippen LogP contribution in [0.3, 0.4) is 0 Å². The highest BCUT2D eigenvalue weighted by Crippen LogP contribution is 2.16. The van der Waals surface area contributed by atoms with E-state index in [0.29, 0.717) is 29.6 Å². The zero-order valence-electron chi connectivity index (χ0n) is 12.9. The van der Waals surface area contributed by atoms with Crippen molar-refractivity contribution in [1.29, 1.82) is 0 Å². The fourth-order valence-electron chi connectivity index (χ4n) is 2.83. The summed E-state index contributed by atoms with van der Waals surface area (Å²) in [6, 6.07) is 0.619. The molecule has 0 saturated heterocycles. The van der Waals surface area contributed by atoms with Crippen LogP contribution in [0.4, 0.5) is 0 Å². The monoisotopic (exact) mass is 315 g/mol. The van der Waals surface area contributed by atoms with Crippen molar-refractivity contribution in [3.63, 3.8) is 0 Å². The summed E-state index contributed by atoms with van der Waals surface area (Å²) in [6.45, 7) is 5.01.